The Morgan fingerprint density at radius 1 is 1.44 bits per heavy atom. The van der Waals surface area contributed by atoms with E-state index in [0.29, 0.717) is 12.5 Å². The van der Waals surface area contributed by atoms with Crippen molar-refractivity contribution < 1.29 is 0 Å². The Labute approximate surface area is 109 Å². The molecule has 1 aromatic heterocycles. The number of hydrogen-bond acceptors (Lipinski definition) is 3. The molecule has 0 bridgehead atoms. The second-order valence-electron chi connectivity index (χ2n) is 3.80. The second-order valence-corrected chi connectivity index (χ2v) is 6.08. The Balaban J connectivity index is 3.02. The Morgan fingerprint density at radius 3 is 2.50 bits per heavy atom. The molecule has 0 radical (unpaired) electrons. The second kappa shape index (κ2) is 5.22. The molecule has 0 N–H and O–H groups in total. The van der Waals surface area contributed by atoms with Crippen molar-refractivity contribution in [3.8, 4) is 6.07 Å². The van der Waals surface area contributed by atoms with Crippen LogP contribution in [0.3, 0.4) is 0 Å². The molecular weight excluding hydrogens is 270 g/mol. The van der Waals surface area contributed by atoms with Crippen LogP contribution in [-0.2, 0) is 10.3 Å². The molecule has 0 fully saturated rings. The topological polar surface area (TPSA) is 54.5 Å². The van der Waals surface area contributed by atoms with Crippen LogP contribution in [-0.4, -0.2) is 15.0 Å². The average Bonchev–Trinajstić information content (AvgIpc) is 2.56. The number of nitrogens with zero attached hydrogens (tertiary/aromatic N) is 4. The van der Waals surface area contributed by atoms with Crippen LogP contribution in [0.15, 0.2) is 0 Å². The van der Waals surface area contributed by atoms with Crippen molar-refractivity contribution in [3.05, 3.63) is 11.4 Å². The predicted octanol–water partition coefficient (Wildman–Crippen LogP) is 3.02. The molecule has 16 heavy (non-hydrogen) atoms. The molecule has 0 amide bonds. The standard InChI is InChI=1S/C9H11Cl3N4/c1-6(2)3-4-16-8(9(10,11)12)7(5-13)14-15-16/h6H,3-4H2,1-2H3. The van der Waals surface area contributed by atoms with Crippen molar-refractivity contribution in [1.29, 1.82) is 5.26 Å². The lowest BCUT2D eigenvalue weighted by molar-refractivity contribution is 0.468. The lowest BCUT2D eigenvalue weighted by Crippen LogP contribution is -2.14. The van der Waals surface area contributed by atoms with E-state index >= 15 is 0 Å². The lowest BCUT2D eigenvalue weighted by atomic mass is 10.1. The summed E-state index contributed by atoms with van der Waals surface area (Å²) in [4.78, 5) is 0. The highest BCUT2D eigenvalue weighted by Gasteiger charge is 2.32. The zero-order chi connectivity index (χ0) is 12.3. The van der Waals surface area contributed by atoms with Crippen LogP contribution >= 0.6 is 34.8 Å². The molecule has 0 aliphatic rings. The van der Waals surface area contributed by atoms with E-state index in [9.17, 15) is 0 Å². The summed E-state index contributed by atoms with van der Waals surface area (Å²) < 4.78 is -0.197. The van der Waals surface area contributed by atoms with Crippen LogP contribution in [0, 0.1) is 17.2 Å². The molecule has 1 aromatic rings. The Morgan fingerprint density at radius 2 is 2.06 bits per heavy atom. The van der Waals surface area contributed by atoms with Gasteiger partial charge < -0.3 is 0 Å². The van der Waals surface area contributed by atoms with Crippen LogP contribution in [0.1, 0.15) is 31.7 Å². The summed E-state index contributed by atoms with van der Waals surface area (Å²) in [5.74, 6) is 0.498. The molecule has 0 aliphatic carbocycles. The highest BCUT2D eigenvalue weighted by molar-refractivity contribution is 6.66. The van der Waals surface area contributed by atoms with Gasteiger partial charge in [0.1, 0.15) is 11.8 Å². The quantitative estimate of drug-likeness (QED) is 0.800. The number of aryl methyl sites for hydroxylation is 1. The molecule has 0 spiro atoms. The normalized spacial score (nSPS) is 11.8. The Bertz CT molecular complexity index is 400. The fourth-order valence-corrected chi connectivity index (χ4v) is 1.77. The van der Waals surface area contributed by atoms with Crippen LogP contribution in [0.25, 0.3) is 0 Å². The number of alkyl halides is 3. The maximum atomic E-state index is 8.83. The molecule has 0 aromatic carbocycles. The van der Waals surface area contributed by atoms with E-state index in [-0.39, 0.29) is 11.4 Å². The molecule has 88 valence electrons. The third-order valence-electron chi connectivity index (χ3n) is 2.03. The van der Waals surface area contributed by atoms with Gasteiger partial charge in [-0.05, 0) is 12.3 Å². The summed E-state index contributed by atoms with van der Waals surface area (Å²) in [6, 6.07) is 1.86. The van der Waals surface area contributed by atoms with Crippen molar-refractivity contribution in [1.82, 2.24) is 15.0 Å². The largest absolute Gasteiger partial charge is 0.244 e. The molecular formula is C9H11Cl3N4. The van der Waals surface area contributed by atoms with E-state index in [1.54, 1.807) is 0 Å². The van der Waals surface area contributed by atoms with Gasteiger partial charge in [-0.2, -0.15) is 5.26 Å². The summed E-state index contributed by atoms with van der Waals surface area (Å²) >= 11 is 17.3. The van der Waals surface area contributed by atoms with Crippen molar-refractivity contribution in [2.45, 2.75) is 30.6 Å². The summed E-state index contributed by atoms with van der Waals surface area (Å²) in [6.07, 6.45) is 0.877. The molecule has 1 heterocycles. The molecule has 0 atom stereocenters. The van der Waals surface area contributed by atoms with Gasteiger partial charge in [0.05, 0.1) is 0 Å². The van der Waals surface area contributed by atoms with Gasteiger partial charge in [-0.15, -0.1) is 5.10 Å². The number of aromatic nitrogens is 3. The third-order valence-corrected chi connectivity index (χ3v) is 2.56. The smallest absolute Gasteiger partial charge is 0.235 e. The fraction of sp³-hybridized carbons (Fsp3) is 0.667. The maximum absolute atomic E-state index is 8.83. The van der Waals surface area contributed by atoms with Crippen molar-refractivity contribution >= 4 is 34.8 Å². The van der Waals surface area contributed by atoms with Gasteiger partial charge in [0.2, 0.25) is 3.79 Å². The molecule has 0 unspecified atom stereocenters. The van der Waals surface area contributed by atoms with Gasteiger partial charge in [0.25, 0.3) is 0 Å². The zero-order valence-corrected chi connectivity index (χ0v) is 11.2. The SMILES string of the molecule is CC(C)CCn1nnc(C#N)c1C(Cl)(Cl)Cl. The number of halogens is 3. The molecule has 0 saturated carbocycles. The van der Waals surface area contributed by atoms with Gasteiger partial charge in [0, 0.05) is 6.54 Å². The zero-order valence-electron chi connectivity index (χ0n) is 8.91. The average molecular weight is 282 g/mol. The van der Waals surface area contributed by atoms with E-state index in [4.69, 9.17) is 40.1 Å². The molecule has 7 heteroatoms. The first kappa shape index (κ1) is 13.6. The van der Waals surface area contributed by atoms with Gasteiger partial charge in [-0.3, -0.25) is 0 Å². The number of hydrogen-bond donors (Lipinski definition) is 0. The maximum Gasteiger partial charge on any atom is 0.235 e. The number of nitriles is 1. The van der Waals surface area contributed by atoms with E-state index in [2.05, 4.69) is 24.2 Å². The Kier molecular flexibility index (Phi) is 4.43. The van der Waals surface area contributed by atoms with E-state index < -0.39 is 3.79 Å². The summed E-state index contributed by atoms with van der Waals surface area (Å²) in [6.45, 7) is 4.74. The first-order valence-corrected chi connectivity index (χ1v) is 5.90. The minimum absolute atomic E-state index is 0.0590. The molecule has 4 nitrogen and oxygen atoms in total. The third kappa shape index (κ3) is 3.24. The minimum atomic E-state index is -1.68. The van der Waals surface area contributed by atoms with Crippen molar-refractivity contribution in [3.63, 3.8) is 0 Å². The van der Waals surface area contributed by atoms with Crippen LogP contribution in [0.5, 0.6) is 0 Å². The summed E-state index contributed by atoms with van der Waals surface area (Å²) in [5, 5.41) is 16.3. The van der Waals surface area contributed by atoms with Crippen molar-refractivity contribution in [2.24, 2.45) is 5.92 Å². The van der Waals surface area contributed by atoms with Crippen LogP contribution in [0.4, 0.5) is 0 Å². The highest BCUT2D eigenvalue weighted by atomic mass is 35.6. The number of rotatable bonds is 3. The Hall–Kier alpha value is -0.500. The summed E-state index contributed by atoms with van der Waals surface area (Å²) in [5.41, 5.74) is 0.296. The van der Waals surface area contributed by atoms with Gasteiger partial charge in [0.15, 0.2) is 5.69 Å². The van der Waals surface area contributed by atoms with Crippen LogP contribution in [0.2, 0.25) is 0 Å². The minimum Gasteiger partial charge on any atom is -0.244 e. The van der Waals surface area contributed by atoms with E-state index in [1.807, 2.05) is 6.07 Å². The molecule has 0 saturated heterocycles. The summed E-state index contributed by atoms with van der Waals surface area (Å²) in [7, 11) is 0. The first-order chi connectivity index (χ1) is 7.36. The van der Waals surface area contributed by atoms with E-state index in [1.165, 1.54) is 4.68 Å². The van der Waals surface area contributed by atoms with Gasteiger partial charge >= 0.3 is 0 Å². The van der Waals surface area contributed by atoms with Gasteiger partial charge in [-0.25, -0.2) is 4.68 Å². The van der Waals surface area contributed by atoms with Crippen molar-refractivity contribution in [2.75, 3.05) is 0 Å². The van der Waals surface area contributed by atoms with Crippen LogP contribution < -0.4 is 0 Å². The lowest BCUT2D eigenvalue weighted by Gasteiger charge is -2.13. The highest BCUT2D eigenvalue weighted by Crippen LogP contribution is 2.39. The molecule has 0 aliphatic heterocycles. The fourth-order valence-electron chi connectivity index (χ4n) is 1.21. The van der Waals surface area contributed by atoms with E-state index in [0.717, 1.165) is 6.42 Å². The predicted molar refractivity (Wildman–Crippen MR) is 63.4 cm³/mol. The first-order valence-electron chi connectivity index (χ1n) is 4.77. The monoisotopic (exact) mass is 280 g/mol. The van der Waals surface area contributed by atoms with Gasteiger partial charge in [-0.1, -0.05) is 53.9 Å². The molecule has 1 rings (SSSR count).